The standard InChI is InChI=1S/C16H18FNO4/c1-3-22-16(21)12-7-14(10(2)6-13(12)17)18(9-19)8-15(20)11-4-5-11/h6-7,9,11H,3-5,8H2,1-2H3. The molecule has 22 heavy (non-hydrogen) atoms. The molecule has 1 amide bonds. The van der Waals surface area contributed by atoms with E-state index in [1.54, 1.807) is 13.8 Å². The van der Waals surface area contributed by atoms with E-state index in [2.05, 4.69) is 0 Å². The van der Waals surface area contributed by atoms with Crippen LogP contribution in [0.1, 0.15) is 35.7 Å². The maximum Gasteiger partial charge on any atom is 0.341 e. The quantitative estimate of drug-likeness (QED) is 0.572. The minimum absolute atomic E-state index is 0.0199. The lowest BCUT2D eigenvalue weighted by Crippen LogP contribution is -2.30. The Morgan fingerprint density at radius 3 is 2.64 bits per heavy atom. The van der Waals surface area contributed by atoms with Crippen LogP contribution in [0.2, 0.25) is 0 Å². The average molecular weight is 307 g/mol. The second kappa shape index (κ2) is 6.68. The normalized spacial score (nSPS) is 13.6. The van der Waals surface area contributed by atoms with Crippen LogP contribution in [0.5, 0.6) is 0 Å². The van der Waals surface area contributed by atoms with Crippen molar-refractivity contribution in [3.05, 3.63) is 29.1 Å². The predicted octanol–water partition coefficient (Wildman–Crippen LogP) is 2.25. The number of hydrogen-bond donors (Lipinski definition) is 0. The van der Waals surface area contributed by atoms with Crippen molar-refractivity contribution < 1.29 is 23.5 Å². The number of hydrogen-bond acceptors (Lipinski definition) is 4. The summed E-state index contributed by atoms with van der Waals surface area (Å²) in [7, 11) is 0. The van der Waals surface area contributed by atoms with E-state index in [9.17, 15) is 18.8 Å². The summed E-state index contributed by atoms with van der Waals surface area (Å²) in [6.45, 7) is 3.30. The molecule has 0 spiro atoms. The summed E-state index contributed by atoms with van der Waals surface area (Å²) in [5.74, 6) is -1.50. The largest absolute Gasteiger partial charge is 0.462 e. The van der Waals surface area contributed by atoms with E-state index < -0.39 is 11.8 Å². The smallest absolute Gasteiger partial charge is 0.341 e. The van der Waals surface area contributed by atoms with Crippen molar-refractivity contribution in [2.24, 2.45) is 5.92 Å². The van der Waals surface area contributed by atoms with Crippen LogP contribution in [0.15, 0.2) is 12.1 Å². The van der Waals surface area contributed by atoms with E-state index in [0.29, 0.717) is 17.7 Å². The molecule has 0 radical (unpaired) electrons. The Kier molecular flexibility index (Phi) is 4.90. The number of carbonyl (C=O) groups excluding carboxylic acids is 3. The first kappa shape index (κ1) is 16.1. The van der Waals surface area contributed by atoms with Gasteiger partial charge in [-0.05, 0) is 44.4 Å². The van der Waals surface area contributed by atoms with Gasteiger partial charge >= 0.3 is 5.97 Å². The van der Waals surface area contributed by atoms with Crippen molar-refractivity contribution in [1.82, 2.24) is 0 Å². The van der Waals surface area contributed by atoms with Crippen LogP contribution in [0, 0.1) is 18.7 Å². The van der Waals surface area contributed by atoms with Gasteiger partial charge in [-0.2, -0.15) is 0 Å². The molecular formula is C16H18FNO4. The Labute approximate surface area is 128 Å². The van der Waals surface area contributed by atoms with Gasteiger partial charge in [0.25, 0.3) is 0 Å². The summed E-state index contributed by atoms with van der Waals surface area (Å²) in [5, 5.41) is 0. The predicted molar refractivity (Wildman–Crippen MR) is 78.2 cm³/mol. The number of halogens is 1. The van der Waals surface area contributed by atoms with Gasteiger partial charge in [-0.3, -0.25) is 9.59 Å². The van der Waals surface area contributed by atoms with Crippen LogP contribution in [0.3, 0.4) is 0 Å². The monoisotopic (exact) mass is 307 g/mol. The third-order valence-corrected chi connectivity index (χ3v) is 3.58. The van der Waals surface area contributed by atoms with Crippen LogP contribution < -0.4 is 4.90 Å². The Morgan fingerprint density at radius 1 is 1.41 bits per heavy atom. The fourth-order valence-corrected chi connectivity index (χ4v) is 2.22. The van der Waals surface area contributed by atoms with Gasteiger partial charge in [0.05, 0.1) is 18.7 Å². The fourth-order valence-electron chi connectivity index (χ4n) is 2.22. The molecule has 0 aliphatic heterocycles. The van der Waals surface area contributed by atoms with Crippen molar-refractivity contribution >= 4 is 23.9 Å². The third kappa shape index (κ3) is 3.50. The van der Waals surface area contributed by atoms with Crippen molar-refractivity contribution in [3.63, 3.8) is 0 Å². The van der Waals surface area contributed by atoms with Gasteiger partial charge in [0.1, 0.15) is 5.82 Å². The zero-order chi connectivity index (χ0) is 16.3. The molecule has 5 nitrogen and oxygen atoms in total. The molecule has 1 aliphatic rings. The van der Waals surface area contributed by atoms with Crippen LogP contribution in [0.4, 0.5) is 10.1 Å². The zero-order valence-electron chi connectivity index (χ0n) is 12.6. The number of rotatable bonds is 7. The topological polar surface area (TPSA) is 63.7 Å². The molecule has 0 heterocycles. The highest BCUT2D eigenvalue weighted by molar-refractivity contribution is 5.95. The molecule has 118 valence electrons. The van der Waals surface area contributed by atoms with Gasteiger partial charge in [0, 0.05) is 11.6 Å². The van der Waals surface area contributed by atoms with E-state index in [1.165, 1.54) is 17.0 Å². The molecule has 1 aromatic rings. The molecule has 1 aromatic carbocycles. The first-order valence-electron chi connectivity index (χ1n) is 7.19. The summed E-state index contributed by atoms with van der Waals surface area (Å²) in [6.07, 6.45) is 2.22. The van der Waals surface area contributed by atoms with Crippen LogP contribution in [0.25, 0.3) is 0 Å². The number of esters is 1. The number of Topliss-reactive ketones (excluding diaryl/α,β-unsaturated/α-hetero) is 1. The number of carbonyl (C=O) groups is 3. The Hall–Kier alpha value is -2.24. The number of anilines is 1. The molecule has 2 rings (SSSR count). The summed E-state index contributed by atoms with van der Waals surface area (Å²) in [6, 6.07) is 2.43. The molecule has 1 saturated carbocycles. The second-order valence-electron chi connectivity index (χ2n) is 5.31. The molecule has 0 atom stereocenters. The summed E-state index contributed by atoms with van der Waals surface area (Å²) < 4.78 is 18.7. The number of aryl methyl sites for hydroxylation is 1. The third-order valence-electron chi connectivity index (χ3n) is 3.58. The summed E-state index contributed by atoms with van der Waals surface area (Å²) >= 11 is 0. The van der Waals surface area contributed by atoms with E-state index in [-0.39, 0.29) is 30.4 Å². The minimum atomic E-state index is -0.791. The molecule has 0 saturated heterocycles. The molecule has 0 unspecified atom stereocenters. The minimum Gasteiger partial charge on any atom is -0.462 e. The lowest BCUT2D eigenvalue weighted by molar-refractivity contribution is -0.120. The molecule has 1 fully saturated rings. The van der Waals surface area contributed by atoms with Crippen molar-refractivity contribution in [2.45, 2.75) is 26.7 Å². The lowest BCUT2D eigenvalue weighted by atomic mass is 10.1. The van der Waals surface area contributed by atoms with E-state index in [4.69, 9.17) is 4.74 Å². The van der Waals surface area contributed by atoms with Crippen molar-refractivity contribution in [3.8, 4) is 0 Å². The molecule has 6 heteroatoms. The van der Waals surface area contributed by atoms with Crippen LogP contribution >= 0.6 is 0 Å². The maximum atomic E-state index is 13.9. The highest BCUT2D eigenvalue weighted by Crippen LogP contribution is 2.31. The number of ketones is 1. The van der Waals surface area contributed by atoms with Gasteiger partial charge in [-0.15, -0.1) is 0 Å². The molecular weight excluding hydrogens is 289 g/mol. The number of ether oxygens (including phenoxy) is 1. The SMILES string of the molecule is CCOC(=O)c1cc(N(C=O)CC(=O)C2CC2)c(C)cc1F. The van der Waals surface area contributed by atoms with E-state index in [0.717, 1.165) is 12.8 Å². The highest BCUT2D eigenvalue weighted by Gasteiger charge is 2.31. The summed E-state index contributed by atoms with van der Waals surface area (Å²) in [5.41, 5.74) is 0.572. The van der Waals surface area contributed by atoms with E-state index in [1.807, 2.05) is 0 Å². The first-order chi connectivity index (χ1) is 10.5. The second-order valence-corrected chi connectivity index (χ2v) is 5.31. The Morgan fingerprint density at radius 2 is 2.09 bits per heavy atom. The van der Waals surface area contributed by atoms with Gasteiger partial charge in [0.15, 0.2) is 5.78 Å². The highest BCUT2D eigenvalue weighted by atomic mass is 19.1. The molecule has 0 bridgehead atoms. The molecule has 1 aliphatic carbocycles. The fraction of sp³-hybridized carbons (Fsp3) is 0.438. The number of benzene rings is 1. The summed E-state index contributed by atoms with van der Waals surface area (Å²) in [4.78, 5) is 36.1. The van der Waals surface area contributed by atoms with Gasteiger partial charge in [-0.25, -0.2) is 9.18 Å². The number of nitrogens with zero attached hydrogens (tertiary/aromatic N) is 1. The van der Waals surface area contributed by atoms with Crippen LogP contribution in [-0.4, -0.2) is 31.3 Å². The zero-order valence-corrected chi connectivity index (χ0v) is 12.6. The molecule has 0 aromatic heterocycles. The maximum absolute atomic E-state index is 13.9. The number of amides is 1. The lowest BCUT2D eigenvalue weighted by Gasteiger charge is -2.20. The van der Waals surface area contributed by atoms with Gasteiger partial charge in [0.2, 0.25) is 6.41 Å². The van der Waals surface area contributed by atoms with Crippen LogP contribution in [-0.2, 0) is 14.3 Å². The van der Waals surface area contributed by atoms with E-state index >= 15 is 0 Å². The van der Waals surface area contributed by atoms with Gasteiger partial charge in [-0.1, -0.05) is 0 Å². The Balaban J connectivity index is 2.30. The Bertz CT molecular complexity index is 610. The van der Waals surface area contributed by atoms with Crippen molar-refractivity contribution in [1.29, 1.82) is 0 Å². The molecule has 0 N–H and O–H groups in total. The van der Waals surface area contributed by atoms with Gasteiger partial charge < -0.3 is 9.64 Å². The first-order valence-corrected chi connectivity index (χ1v) is 7.19. The average Bonchev–Trinajstić information content (AvgIpc) is 3.30. The van der Waals surface area contributed by atoms with Crippen molar-refractivity contribution in [2.75, 3.05) is 18.1 Å².